The van der Waals surface area contributed by atoms with Gasteiger partial charge in [0.05, 0.1) is 24.9 Å². The van der Waals surface area contributed by atoms with Gasteiger partial charge in [-0.05, 0) is 48.0 Å². The first-order valence-electron chi connectivity index (χ1n) is 9.24. The topological polar surface area (TPSA) is 71.5 Å². The Hall–Kier alpha value is -4.00. The SMILES string of the molecule is COc1ccc(C2=C(Nc3cccc(F)c3)C(=O)N(Cc3ccccn3)C2=O)cc1. The number of anilines is 1. The molecule has 0 atom stereocenters. The van der Waals surface area contributed by atoms with E-state index in [1.807, 2.05) is 0 Å². The van der Waals surface area contributed by atoms with Crippen LogP contribution in [0.1, 0.15) is 11.3 Å². The van der Waals surface area contributed by atoms with Gasteiger partial charge in [0.15, 0.2) is 0 Å². The van der Waals surface area contributed by atoms with Crippen LogP contribution in [0.3, 0.4) is 0 Å². The van der Waals surface area contributed by atoms with Crippen molar-refractivity contribution in [3.8, 4) is 5.75 Å². The van der Waals surface area contributed by atoms with Crippen molar-refractivity contribution in [2.75, 3.05) is 12.4 Å². The second-order valence-electron chi connectivity index (χ2n) is 6.63. The fraction of sp³-hybridized carbons (Fsp3) is 0.0870. The average molecular weight is 403 g/mol. The van der Waals surface area contributed by atoms with Gasteiger partial charge in [-0.25, -0.2) is 4.39 Å². The fourth-order valence-corrected chi connectivity index (χ4v) is 3.23. The normalized spacial score (nSPS) is 13.7. The maximum atomic E-state index is 13.6. The van der Waals surface area contributed by atoms with E-state index in [1.54, 1.807) is 61.8 Å². The van der Waals surface area contributed by atoms with Crippen LogP contribution >= 0.6 is 0 Å². The van der Waals surface area contributed by atoms with Gasteiger partial charge in [0.1, 0.15) is 17.3 Å². The molecule has 0 spiro atoms. The molecule has 0 unspecified atom stereocenters. The van der Waals surface area contributed by atoms with Crippen LogP contribution in [-0.4, -0.2) is 28.8 Å². The highest BCUT2D eigenvalue weighted by molar-refractivity contribution is 6.36. The van der Waals surface area contributed by atoms with Gasteiger partial charge >= 0.3 is 0 Å². The third-order valence-electron chi connectivity index (χ3n) is 4.69. The summed E-state index contributed by atoms with van der Waals surface area (Å²) >= 11 is 0. The number of methoxy groups -OCH3 is 1. The van der Waals surface area contributed by atoms with Gasteiger partial charge in [-0.3, -0.25) is 19.5 Å². The van der Waals surface area contributed by atoms with Crippen molar-refractivity contribution < 1.29 is 18.7 Å². The Morgan fingerprint density at radius 3 is 2.47 bits per heavy atom. The summed E-state index contributed by atoms with van der Waals surface area (Å²) in [7, 11) is 1.55. The van der Waals surface area contributed by atoms with E-state index in [2.05, 4.69) is 10.3 Å². The maximum Gasteiger partial charge on any atom is 0.278 e. The number of pyridine rings is 1. The molecule has 0 aliphatic carbocycles. The van der Waals surface area contributed by atoms with Crippen molar-refractivity contribution in [3.63, 3.8) is 0 Å². The molecule has 0 saturated heterocycles. The van der Waals surface area contributed by atoms with Crippen molar-refractivity contribution in [3.05, 3.63) is 95.7 Å². The molecule has 2 heterocycles. The standard InChI is InChI=1S/C23H18FN3O3/c1-30-19-10-8-15(9-11-19)20-21(26-17-7-4-5-16(24)13-17)23(29)27(22(20)28)14-18-6-2-3-12-25-18/h2-13,26H,14H2,1H3. The summed E-state index contributed by atoms with van der Waals surface area (Å²) < 4.78 is 18.8. The van der Waals surface area contributed by atoms with E-state index in [1.165, 1.54) is 18.2 Å². The summed E-state index contributed by atoms with van der Waals surface area (Å²) in [6.07, 6.45) is 1.60. The van der Waals surface area contributed by atoms with Crippen molar-refractivity contribution >= 4 is 23.1 Å². The molecule has 4 rings (SSSR count). The lowest BCUT2D eigenvalue weighted by atomic mass is 10.0. The number of halogens is 1. The van der Waals surface area contributed by atoms with Crippen LogP contribution in [0, 0.1) is 5.82 Å². The first kappa shape index (κ1) is 19.3. The van der Waals surface area contributed by atoms with Crippen LogP contribution in [0.15, 0.2) is 78.6 Å². The second kappa shape index (κ2) is 8.16. The summed E-state index contributed by atoms with van der Waals surface area (Å²) in [6, 6.07) is 17.8. The largest absolute Gasteiger partial charge is 0.497 e. The van der Waals surface area contributed by atoms with Crippen LogP contribution < -0.4 is 10.1 Å². The minimum atomic E-state index is -0.499. The van der Waals surface area contributed by atoms with Gasteiger partial charge in [-0.15, -0.1) is 0 Å². The van der Waals surface area contributed by atoms with Gasteiger partial charge in [-0.1, -0.05) is 24.3 Å². The molecule has 2 amide bonds. The predicted molar refractivity (Wildman–Crippen MR) is 110 cm³/mol. The lowest BCUT2D eigenvalue weighted by Gasteiger charge is -2.14. The molecule has 0 fully saturated rings. The highest BCUT2D eigenvalue weighted by atomic mass is 19.1. The molecule has 0 saturated carbocycles. The Morgan fingerprint density at radius 1 is 1.00 bits per heavy atom. The molecule has 150 valence electrons. The van der Waals surface area contributed by atoms with E-state index in [0.29, 0.717) is 22.7 Å². The molecule has 1 N–H and O–H groups in total. The Kier molecular flexibility index (Phi) is 5.26. The summed E-state index contributed by atoms with van der Waals surface area (Å²) in [5.41, 5.74) is 1.81. The van der Waals surface area contributed by atoms with E-state index in [4.69, 9.17) is 4.74 Å². The fourth-order valence-electron chi connectivity index (χ4n) is 3.23. The first-order valence-corrected chi connectivity index (χ1v) is 9.24. The number of ether oxygens (including phenoxy) is 1. The van der Waals surface area contributed by atoms with Gasteiger partial charge in [0, 0.05) is 11.9 Å². The number of benzene rings is 2. The minimum Gasteiger partial charge on any atom is -0.497 e. The molecule has 1 aromatic heterocycles. The van der Waals surface area contributed by atoms with Crippen molar-refractivity contribution in [2.45, 2.75) is 6.54 Å². The summed E-state index contributed by atoms with van der Waals surface area (Å²) in [5.74, 6) is -0.773. The Bertz CT molecular complexity index is 1130. The number of amides is 2. The zero-order valence-electron chi connectivity index (χ0n) is 16.1. The van der Waals surface area contributed by atoms with E-state index in [0.717, 1.165) is 4.90 Å². The molecule has 30 heavy (non-hydrogen) atoms. The zero-order valence-corrected chi connectivity index (χ0v) is 16.1. The van der Waals surface area contributed by atoms with Crippen LogP contribution in [-0.2, 0) is 16.1 Å². The maximum absolute atomic E-state index is 13.6. The van der Waals surface area contributed by atoms with E-state index in [9.17, 15) is 14.0 Å². The molecule has 0 bridgehead atoms. The second-order valence-corrected chi connectivity index (χ2v) is 6.63. The number of carbonyl (C=O) groups is 2. The number of nitrogens with zero attached hydrogens (tertiary/aromatic N) is 2. The lowest BCUT2D eigenvalue weighted by Crippen LogP contribution is -2.32. The predicted octanol–water partition coefficient (Wildman–Crippen LogP) is 3.62. The number of nitrogens with one attached hydrogen (secondary N) is 1. The highest BCUT2D eigenvalue weighted by Gasteiger charge is 2.39. The smallest absolute Gasteiger partial charge is 0.278 e. The van der Waals surface area contributed by atoms with Crippen LogP contribution in [0.5, 0.6) is 5.75 Å². The number of hydrogen-bond donors (Lipinski definition) is 1. The molecule has 7 heteroatoms. The van der Waals surface area contributed by atoms with Gasteiger partial charge < -0.3 is 10.1 Å². The Balaban J connectivity index is 1.74. The highest BCUT2D eigenvalue weighted by Crippen LogP contribution is 2.32. The van der Waals surface area contributed by atoms with Crippen LogP contribution in [0.4, 0.5) is 10.1 Å². The number of carbonyl (C=O) groups excluding carboxylic acids is 2. The number of rotatable bonds is 6. The molecular formula is C23H18FN3O3. The lowest BCUT2D eigenvalue weighted by molar-refractivity contribution is -0.137. The number of aromatic nitrogens is 1. The molecule has 1 aliphatic heterocycles. The number of hydrogen-bond acceptors (Lipinski definition) is 5. The van der Waals surface area contributed by atoms with Crippen LogP contribution in [0.25, 0.3) is 5.57 Å². The third kappa shape index (κ3) is 3.77. The summed E-state index contributed by atoms with van der Waals surface area (Å²) in [6.45, 7) is 0.0342. The van der Waals surface area contributed by atoms with Gasteiger partial charge in [0.25, 0.3) is 11.8 Å². The monoisotopic (exact) mass is 403 g/mol. The Labute approximate surface area is 172 Å². The van der Waals surface area contributed by atoms with E-state index < -0.39 is 17.6 Å². The molecule has 2 aromatic carbocycles. The molecule has 1 aliphatic rings. The number of imide groups is 1. The average Bonchev–Trinajstić information content (AvgIpc) is 2.99. The minimum absolute atomic E-state index is 0.0342. The van der Waals surface area contributed by atoms with Crippen molar-refractivity contribution in [1.29, 1.82) is 0 Å². The van der Waals surface area contributed by atoms with Crippen molar-refractivity contribution in [1.82, 2.24) is 9.88 Å². The van der Waals surface area contributed by atoms with E-state index >= 15 is 0 Å². The quantitative estimate of drug-likeness (QED) is 0.637. The first-order chi connectivity index (χ1) is 14.6. The van der Waals surface area contributed by atoms with Crippen LogP contribution in [0.2, 0.25) is 0 Å². The zero-order chi connectivity index (χ0) is 21.1. The molecular weight excluding hydrogens is 385 g/mol. The van der Waals surface area contributed by atoms with Crippen molar-refractivity contribution in [2.24, 2.45) is 0 Å². The van der Waals surface area contributed by atoms with Gasteiger partial charge in [0.2, 0.25) is 0 Å². The van der Waals surface area contributed by atoms with Gasteiger partial charge in [-0.2, -0.15) is 0 Å². The third-order valence-corrected chi connectivity index (χ3v) is 4.69. The summed E-state index contributed by atoms with van der Waals surface area (Å²) in [5, 5.41) is 2.93. The summed E-state index contributed by atoms with van der Waals surface area (Å²) in [4.78, 5) is 31.7. The Morgan fingerprint density at radius 2 is 1.80 bits per heavy atom. The van der Waals surface area contributed by atoms with E-state index in [-0.39, 0.29) is 17.8 Å². The molecule has 0 radical (unpaired) electrons. The molecule has 3 aromatic rings. The molecule has 6 nitrogen and oxygen atoms in total.